The smallest absolute Gasteiger partial charge is 0.330 e. The van der Waals surface area contributed by atoms with Gasteiger partial charge in [-0.05, 0) is 125 Å². The van der Waals surface area contributed by atoms with E-state index in [2.05, 4.69) is 37.2 Å². The maximum atomic E-state index is 16.1. The number of ether oxygens (including phenoxy) is 6. The van der Waals surface area contributed by atoms with Crippen LogP contribution >= 0.6 is 23.2 Å². The third-order valence-electron chi connectivity index (χ3n) is 19.9. The van der Waals surface area contributed by atoms with Gasteiger partial charge >= 0.3 is 5.97 Å². The van der Waals surface area contributed by atoms with Gasteiger partial charge in [-0.25, -0.2) is 4.79 Å². The second kappa shape index (κ2) is 32.8. The Labute approximate surface area is 642 Å². The van der Waals surface area contributed by atoms with E-state index in [9.17, 15) is 75.0 Å². The number of aromatic hydroxyl groups is 3. The molecule has 7 amide bonds. The second-order valence-electron chi connectivity index (χ2n) is 28.4. The van der Waals surface area contributed by atoms with Crippen molar-refractivity contribution in [1.82, 2.24) is 37.2 Å². The van der Waals surface area contributed by atoms with Crippen molar-refractivity contribution >= 4 is 81.3 Å². The number of aliphatic hydroxyl groups excluding tert-OH is 6. The first-order valence-corrected chi connectivity index (χ1v) is 35.9. The van der Waals surface area contributed by atoms with E-state index in [1.165, 1.54) is 12.1 Å². The van der Waals surface area contributed by atoms with Gasteiger partial charge in [0.05, 0.1) is 41.3 Å². The van der Waals surface area contributed by atoms with Crippen LogP contribution in [0.25, 0.3) is 21.9 Å². The summed E-state index contributed by atoms with van der Waals surface area (Å²) in [4.78, 5) is 117. The van der Waals surface area contributed by atoms with Crippen molar-refractivity contribution in [3.8, 4) is 57.1 Å². The zero-order valence-corrected chi connectivity index (χ0v) is 61.1. The Balaban J connectivity index is 1.06. The zero-order valence-electron chi connectivity index (χ0n) is 59.6. The third-order valence-corrected chi connectivity index (χ3v) is 20.5. The van der Waals surface area contributed by atoms with Crippen molar-refractivity contribution in [3.63, 3.8) is 0 Å². The maximum absolute atomic E-state index is 16.1. The highest BCUT2D eigenvalue weighted by Crippen LogP contribution is 2.50. The average molecular weight is 1580 g/mol. The van der Waals surface area contributed by atoms with Gasteiger partial charge in [0.2, 0.25) is 53.4 Å². The first-order chi connectivity index (χ1) is 52.7. The highest BCUT2D eigenvalue weighted by Gasteiger charge is 2.52. The van der Waals surface area contributed by atoms with Crippen LogP contribution in [0.3, 0.4) is 0 Å². The van der Waals surface area contributed by atoms with Gasteiger partial charge in [0.1, 0.15) is 89.5 Å². The minimum atomic E-state index is -2.36. The number of halogens is 2. The highest BCUT2D eigenvalue weighted by molar-refractivity contribution is 6.32. The van der Waals surface area contributed by atoms with Crippen molar-refractivity contribution in [3.05, 3.63) is 165 Å². The number of hydrogen-bond acceptors (Lipinski definition) is 25. The Morgan fingerprint density at radius 1 is 0.676 bits per heavy atom. The van der Waals surface area contributed by atoms with E-state index in [1.54, 1.807) is 27.7 Å². The molecule has 11 bridgehead atoms. The molecule has 0 saturated carbocycles. The monoisotopic (exact) mass is 1570 g/mol. The minimum Gasteiger partial charge on any atom is -0.508 e. The summed E-state index contributed by atoms with van der Waals surface area (Å²) in [5, 5.41) is 135. The normalized spacial score (nSPS) is 27.9. The quantitative estimate of drug-likeness (QED) is 0.0701. The van der Waals surface area contributed by atoms with Crippen LogP contribution in [-0.2, 0) is 59.1 Å². The Morgan fingerprint density at radius 3 is 1.95 bits per heavy atom. The number of primary amides is 1. The van der Waals surface area contributed by atoms with Gasteiger partial charge in [0.25, 0.3) is 0 Å². The number of carbonyl (C=O) groups is 8. The molecule has 2 unspecified atom stereocenters. The predicted molar refractivity (Wildman–Crippen MR) is 391 cm³/mol. The number of nitrogens with one attached hydrogen (secondary N) is 7. The molecule has 0 radical (unpaired) electrons. The molecule has 2 saturated heterocycles. The number of aliphatic hydroxyl groups is 6. The maximum Gasteiger partial charge on any atom is 0.330 e. The topological polar surface area (TPSA) is 530 Å². The fourth-order valence-electron chi connectivity index (χ4n) is 14.1. The Morgan fingerprint density at radius 2 is 1.31 bits per heavy atom. The molecule has 35 heteroatoms. The van der Waals surface area contributed by atoms with Crippen molar-refractivity contribution in [2.45, 2.75) is 163 Å². The van der Waals surface area contributed by atoms with E-state index in [0.29, 0.717) is 0 Å². The second-order valence-corrected chi connectivity index (χ2v) is 29.2. The van der Waals surface area contributed by atoms with Gasteiger partial charge in [-0.3, -0.25) is 33.6 Å². The van der Waals surface area contributed by atoms with Crippen LogP contribution in [0, 0.1) is 5.92 Å². The van der Waals surface area contributed by atoms with E-state index in [4.69, 9.17) is 63.1 Å². The summed E-state index contributed by atoms with van der Waals surface area (Å²) in [6.45, 7) is 6.08. The fraction of sp³-hybridized carbons (Fsp3) is 0.368. The summed E-state index contributed by atoms with van der Waals surface area (Å²) in [6.07, 6.45) is -18.7. The van der Waals surface area contributed by atoms with Gasteiger partial charge in [0.15, 0.2) is 29.9 Å². The molecule has 0 aliphatic carbocycles. The lowest BCUT2D eigenvalue weighted by molar-refractivity contribution is -0.334. The van der Waals surface area contributed by atoms with Crippen molar-refractivity contribution in [1.29, 1.82) is 0 Å². The largest absolute Gasteiger partial charge is 0.508 e. The number of rotatable bonds is 15. The van der Waals surface area contributed by atoms with Crippen LogP contribution in [0.5, 0.6) is 46.0 Å². The lowest BCUT2D eigenvalue weighted by Gasteiger charge is -2.48. The Bertz CT molecular complexity index is 4810. The number of carboxylic acids is 1. The van der Waals surface area contributed by atoms with E-state index in [-0.39, 0.29) is 52.8 Å². The number of nitrogens with two attached hydrogens (primary N) is 2. The summed E-state index contributed by atoms with van der Waals surface area (Å²) in [5.74, 6) is -16.3. The van der Waals surface area contributed by atoms with E-state index in [1.807, 2.05) is 42.5 Å². The molecule has 7 heterocycles. The molecule has 7 aliphatic heterocycles. The minimum absolute atomic E-state index is 0.0714. The number of carboxylic acid groups (broad SMARTS) is 1. The summed E-state index contributed by atoms with van der Waals surface area (Å²) in [7, 11) is 0. The molecule has 0 aromatic heterocycles. The number of aliphatic carboxylic acids is 1. The third kappa shape index (κ3) is 17.1. The molecule has 21 N–H and O–H groups in total. The standard InChI is InChI=1S/C76H81Cl2N9O24/c1-30(2)17-44(79)68(98)86-59-61(93)36-12-15-48(42(77)20-36)107-50-22-38-23-51(65(50)111-75-66(64(96)63(95)52(29-88)109-75)110-54-27-76(4,67(97)31(3)106-54)81-28-32-9-10-33-7-5-6-8-34(33)18-32)108-49-16-13-37(21-43(49)78)62(94)60-73(103)85-58(74(104)105)41-24-39(89)25-47(91)55(41)40-19-35(11-14-46(40)90)56(70(100)87-60)84-71(101)57(38)83-69(99)45(26-53(80)92)82-72(59)102/h5-16,18-25,30-31,44-45,52,54,56-64,66-67,75,81,88-91,93-97H,17,26-29,79H2,1-4H3,(H2,80,92)(H,82,102)(H,83,99)(H,84,101)(H,85,103)(H,86,98)(H,87,100)(H,104,105)/t31-,44-,45+,52-,54-,56?,57-,58+,59?,60+,61-,62-,63-,64+,66-,67+,75+,76-/m1/s1. The summed E-state index contributed by atoms with van der Waals surface area (Å²) < 4.78 is 39.3. The fourth-order valence-corrected chi connectivity index (χ4v) is 14.5. The van der Waals surface area contributed by atoms with Crippen molar-refractivity contribution < 1.29 is 118 Å². The molecule has 18 atom stereocenters. The molecule has 588 valence electrons. The van der Waals surface area contributed by atoms with Gasteiger partial charge in [0, 0.05) is 41.3 Å². The molecular weight excluding hydrogens is 1490 g/mol. The first-order valence-electron chi connectivity index (χ1n) is 35.1. The van der Waals surface area contributed by atoms with E-state index < -0.39 is 237 Å². The van der Waals surface area contributed by atoms with Crippen LogP contribution in [0.4, 0.5) is 0 Å². The van der Waals surface area contributed by atoms with Crippen LogP contribution in [0.15, 0.2) is 121 Å². The molecule has 2 fully saturated rings. The highest BCUT2D eigenvalue weighted by atomic mass is 35.5. The predicted octanol–water partition coefficient (Wildman–Crippen LogP) is 2.83. The van der Waals surface area contributed by atoms with Crippen LogP contribution in [-0.4, -0.2) is 184 Å². The first kappa shape index (κ1) is 80.0. The number of fused-ring (bicyclic) bond motifs is 16. The number of phenols is 3. The van der Waals surface area contributed by atoms with Gasteiger partial charge < -0.3 is 128 Å². The van der Waals surface area contributed by atoms with Crippen LogP contribution in [0.1, 0.15) is 111 Å². The van der Waals surface area contributed by atoms with Crippen LogP contribution in [0.2, 0.25) is 10.0 Å². The average Bonchev–Trinajstić information content (AvgIpc) is 0.767. The van der Waals surface area contributed by atoms with E-state index >= 15 is 14.4 Å². The van der Waals surface area contributed by atoms with Crippen molar-refractivity contribution in [2.24, 2.45) is 17.4 Å². The number of amides is 7. The van der Waals surface area contributed by atoms with Crippen LogP contribution < -0.4 is 62.9 Å². The van der Waals surface area contributed by atoms with Gasteiger partial charge in [-0.15, -0.1) is 0 Å². The molecule has 7 aromatic carbocycles. The molecule has 14 rings (SSSR count). The van der Waals surface area contributed by atoms with Gasteiger partial charge in [-0.1, -0.05) is 91.6 Å². The lowest BCUT2D eigenvalue weighted by Crippen LogP contribution is -2.65. The summed E-state index contributed by atoms with van der Waals surface area (Å²) >= 11 is 14.2. The molecule has 111 heavy (non-hydrogen) atoms. The molecule has 0 spiro atoms. The number of carbonyl (C=O) groups excluding carboxylic acids is 7. The SMILES string of the molecule is CC(C)C[C@@H](N)C(=O)NC1C(=O)N[C@@H](CC(N)=O)C(=O)N[C@H]2C(=O)NC3C(=O)N[C@H](C(=O)N[C@H](C(=O)O)c4cc(O)cc(O)c4-c4cc3ccc4O)[C@H](O)c3ccc(c(Cl)c3)Oc3cc2cc(c3O[C@@H]2O[C@H](CO)[C@@H](O)[C@H](O)[C@H]2O[C@@H]2C[C@@](C)(NCc3ccc4ccccc4c3)[C@@H](O)[C@@H](C)O2)Oc2ccc(cc2Cl)[C@H]1O. The zero-order chi connectivity index (χ0) is 79.9. The Hall–Kier alpha value is -10.5. The number of phenolic OH excluding ortho intramolecular Hbond substituents is 3. The molecule has 33 nitrogen and oxygen atoms in total. The summed E-state index contributed by atoms with van der Waals surface area (Å²) in [6, 6.07) is 12.5. The number of hydrogen-bond donors (Lipinski definition) is 19. The molecule has 7 aliphatic rings. The number of benzene rings is 7. The molecule has 7 aromatic rings. The summed E-state index contributed by atoms with van der Waals surface area (Å²) in [5.41, 5.74) is 8.78. The van der Waals surface area contributed by atoms with E-state index in [0.717, 1.165) is 83.1 Å². The van der Waals surface area contributed by atoms with Crippen molar-refractivity contribution in [2.75, 3.05) is 6.61 Å². The van der Waals surface area contributed by atoms with Gasteiger partial charge in [-0.2, -0.15) is 0 Å². The molecular formula is C76H81Cl2N9O24. The Kier molecular flexibility index (Phi) is 23.7. The lowest BCUT2D eigenvalue weighted by atomic mass is 9.84.